The SMILES string of the molecule is O=C(CC1CC2CCC(C1)N2)Nc1ccccc1-n1ccnc1. The fourth-order valence-electron chi connectivity index (χ4n) is 4.01. The first-order valence-corrected chi connectivity index (χ1v) is 8.41. The zero-order valence-electron chi connectivity index (χ0n) is 13.1. The number of aromatic nitrogens is 2. The molecule has 1 amide bonds. The predicted octanol–water partition coefficient (Wildman–Crippen LogP) is 2.73. The molecule has 2 N–H and O–H groups in total. The monoisotopic (exact) mass is 310 g/mol. The Morgan fingerprint density at radius 2 is 2.04 bits per heavy atom. The minimum atomic E-state index is 0.115. The highest BCUT2D eigenvalue weighted by molar-refractivity contribution is 5.93. The summed E-state index contributed by atoms with van der Waals surface area (Å²) in [5.74, 6) is 0.623. The smallest absolute Gasteiger partial charge is 0.224 e. The molecule has 2 fully saturated rings. The second kappa shape index (κ2) is 6.16. The van der Waals surface area contributed by atoms with Crippen LogP contribution < -0.4 is 10.6 Å². The largest absolute Gasteiger partial charge is 0.324 e. The van der Waals surface area contributed by atoms with Crippen LogP contribution in [-0.2, 0) is 4.79 Å². The maximum Gasteiger partial charge on any atom is 0.224 e. The molecule has 120 valence electrons. The molecule has 2 aliphatic heterocycles. The van der Waals surface area contributed by atoms with Gasteiger partial charge in [-0.25, -0.2) is 4.98 Å². The van der Waals surface area contributed by atoms with E-state index in [4.69, 9.17) is 0 Å². The number of carbonyl (C=O) groups is 1. The fraction of sp³-hybridized carbons (Fsp3) is 0.444. The van der Waals surface area contributed by atoms with Gasteiger partial charge in [0.2, 0.25) is 5.91 Å². The first-order valence-electron chi connectivity index (χ1n) is 8.41. The van der Waals surface area contributed by atoms with E-state index >= 15 is 0 Å². The molecule has 0 spiro atoms. The minimum absolute atomic E-state index is 0.115. The van der Waals surface area contributed by atoms with Crippen LogP contribution >= 0.6 is 0 Å². The number of rotatable bonds is 4. The van der Waals surface area contributed by atoms with E-state index in [9.17, 15) is 4.79 Å². The van der Waals surface area contributed by atoms with Crippen molar-refractivity contribution in [1.82, 2.24) is 14.9 Å². The topological polar surface area (TPSA) is 59.0 Å². The number of piperidine rings is 1. The third kappa shape index (κ3) is 3.15. The summed E-state index contributed by atoms with van der Waals surface area (Å²) >= 11 is 0. The van der Waals surface area contributed by atoms with E-state index < -0.39 is 0 Å². The van der Waals surface area contributed by atoms with Crippen molar-refractivity contribution >= 4 is 11.6 Å². The zero-order chi connectivity index (χ0) is 15.6. The summed E-state index contributed by atoms with van der Waals surface area (Å²) in [6.07, 6.45) is 10.8. The predicted molar refractivity (Wildman–Crippen MR) is 89.5 cm³/mol. The molecule has 1 aromatic heterocycles. The first kappa shape index (κ1) is 14.5. The number of carbonyl (C=O) groups excluding carboxylic acids is 1. The van der Waals surface area contributed by atoms with Gasteiger partial charge in [-0.1, -0.05) is 12.1 Å². The van der Waals surface area contributed by atoms with Gasteiger partial charge in [0.15, 0.2) is 0 Å². The average Bonchev–Trinajstić information content (AvgIpc) is 3.18. The van der Waals surface area contributed by atoms with Gasteiger partial charge in [0.05, 0.1) is 17.7 Å². The Kier molecular flexibility index (Phi) is 3.87. The lowest BCUT2D eigenvalue weighted by atomic mass is 9.89. The van der Waals surface area contributed by atoms with Gasteiger partial charge in [-0.15, -0.1) is 0 Å². The molecule has 0 saturated carbocycles. The molecule has 3 heterocycles. The number of fused-ring (bicyclic) bond motifs is 2. The van der Waals surface area contributed by atoms with Crippen molar-refractivity contribution in [2.45, 2.75) is 44.2 Å². The van der Waals surface area contributed by atoms with Crippen LogP contribution in [0.5, 0.6) is 0 Å². The normalized spacial score (nSPS) is 26.2. The van der Waals surface area contributed by atoms with Crippen molar-refractivity contribution in [3.63, 3.8) is 0 Å². The van der Waals surface area contributed by atoms with E-state index in [0.29, 0.717) is 24.4 Å². The minimum Gasteiger partial charge on any atom is -0.324 e. The van der Waals surface area contributed by atoms with Crippen LogP contribution in [0.3, 0.4) is 0 Å². The highest BCUT2D eigenvalue weighted by Gasteiger charge is 2.34. The number of amides is 1. The van der Waals surface area contributed by atoms with E-state index in [1.165, 1.54) is 12.8 Å². The molecule has 2 aliphatic rings. The number of nitrogens with one attached hydrogen (secondary N) is 2. The molecule has 2 unspecified atom stereocenters. The fourth-order valence-corrected chi connectivity index (χ4v) is 4.01. The first-order chi connectivity index (χ1) is 11.3. The van der Waals surface area contributed by atoms with Gasteiger partial charge in [-0.2, -0.15) is 0 Å². The third-order valence-electron chi connectivity index (χ3n) is 5.01. The molecule has 23 heavy (non-hydrogen) atoms. The molecule has 5 nitrogen and oxygen atoms in total. The number of anilines is 1. The van der Waals surface area contributed by atoms with Gasteiger partial charge in [0.1, 0.15) is 0 Å². The number of nitrogens with zero attached hydrogens (tertiary/aromatic N) is 2. The van der Waals surface area contributed by atoms with E-state index in [-0.39, 0.29) is 5.91 Å². The Morgan fingerprint density at radius 3 is 2.78 bits per heavy atom. The molecule has 0 aliphatic carbocycles. The van der Waals surface area contributed by atoms with E-state index in [2.05, 4.69) is 15.6 Å². The van der Waals surface area contributed by atoms with Gasteiger partial charge < -0.3 is 15.2 Å². The zero-order valence-corrected chi connectivity index (χ0v) is 13.1. The summed E-state index contributed by atoms with van der Waals surface area (Å²) in [6, 6.07) is 9.10. The van der Waals surface area contributed by atoms with E-state index in [1.807, 2.05) is 35.0 Å². The molecule has 1 aromatic carbocycles. The van der Waals surface area contributed by atoms with Crippen molar-refractivity contribution in [2.24, 2.45) is 5.92 Å². The van der Waals surface area contributed by atoms with Crippen molar-refractivity contribution in [2.75, 3.05) is 5.32 Å². The molecule has 4 rings (SSSR count). The summed E-state index contributed by atoms with van der Waals surface area (Å²) < 4.78 is 1.92. The second-order valence-corrected chi connectivity index (χ2v) is 6.71. The molecule has 2 bridgehead atoms. The Morgan fingerprint density at radius 1 is 1.26 bits per heavy atom. The van der Waals surface area contributed by atoms with Gasteiger partial charge in [-0.3, -0.25) is 4.79 Å². The number of hydrogen-bond acceptors (Lipinski definition) is 3. The Balaban J connectivity index is 1.43. The van der Waals surface area contributed by atoms with Crippen molar-refractivity contribution in [3.05, 3.63) is 43.0 Å². The quantitative estimate of drug-likeness (QED) is 0.913. The van der Waals surface area contributed by atoms with Crippen LogP contribution in [0.4, 0.5) is 5.69 Å². The molecular formula is C18H22N4O. The van der Waals surface area contributed by atoms with Crippen LogP contribution in [0.15, 0.2) is 43.0 Å². The van der Waals surface area contributed by atoms with Crippen LogP contribution in [-0.4, -0.2) is 27.5 Å². The van der Waals surface area contributed by atoms with Crippen LogP contribution in [0, 0.1) is 5.92 Å². The van der Waals surface area contributed by atoms with Gasteiger partial charge in [0, 0.05) is 30.9 Å². The molecule has 2 aromatic rings. The summed E-state index contributed by atoms with van der Waals surface area (Å²) in [5, 5.41) is 6.72. The maximum absolute atomic E-state index is 12.5. The summed E-state index contributed by atoms with van der Waals surface area (Å²) in [6.45, 7) is 0. The highest BCUT2D eigenvalue weighted by Crippen LogP contribution is 2.33. The molecular weight excluding hydrogens is 288 g/mol. The number of imidazole rings is 1. The number of hydrogen-bond donors (Lipinski definition) is 2. The Bertz CT molecular complexity index is 670. The van der Waals surface area contributed by atoms with Crippen molar-refractivity contribution in [1.29, 1.82) is 0 Å². The van der Waals surface area contributed by atoms with Gasteiger partial charge in [-0.05, 0) is 43.7 Å². The second-order valence-electron chi connectivity index (χ2n) is 6.71. The van der Waals surface area contributed by atoms with Crippen molar-refractivity contribution < 1.29 is 4.79 Å². The Hall–Kier alpha value is -2.14. The molecule has 2 saturated heterocycles. The lowest BCUT2D eigenvalue weighted by Crippen LogP contribution is -2.39. The molecule has 0 radical (unpaired) electrons. The van der Waals surface area contributed by atoms with E-state index in [0.717, 1.165) is 24.2 Å². The van der Waals surface area contributed by atoms with Gasteiger partial charge in [0.25, 0.3) is 0 Å². The van der Waals surface area contributed by atoms with Crippen LogP contribution in [0.25, 0.3) is 5.69 Å². The van der Waals surface area contributed by atoms with E-state index in [1.54, 1.807) is 12.5 Å². The number of para-hydroxylation sites is 2. The van der Waals surface area contributed by atoms with Crippen LogP contribution in [0.1, 0.15) is 32.1 Å². The molecule has 5 heteroatoms. The lowest BCUT2D eigenvalue weighted by Gasteiger charge is -2.28. The highest BCUT2D eigenvalue weighted by atomic mass is 16.1. The number of benzene rings is 1. The summed E-state index contributed by atoms with van der Waals surface area (Å²) in [4.78, 5) is 16.6. The Labute approximate surface area is 136 Å². The average molecular weight is 310 g/mol. The van der Waals surface area contributed by atoms with Crippen molar-refractivity contribution in [3.8, 4) is 5.69 Å². The standard InChI is InChI=1S/C18H22N4O/c23-18(11-13-9-14-5-6-15(10-13)20-14)21-16-3-1-2-4-17(16)22-8-7-19-12-22/h1-4,7-8,12-15,20H,5-6,9-11H2,(H,21,23). The third-order valence-corrected chi connectivity index (χ3v) is 5.01. The summed E-state index contributed by atoms with van der Waals surface area (Å²) in [7, 11) is 0. The lowest BCUT2D eigenvalue weighted by molar-refractivity contribution is -0.117. The van der Waals surface area contributed by atoms with Gasteiger partial charge >= 0.3 is 0 Å². The maximum atomic E-state index is 12.5. The van der Waals surface area contributed by atoms with Crippen LogP contribution in [0.2, 0.25) is 0 Å². The summed E-state index contributed by atoms with van der Waals surface area (Å²) in [5.41, 5.74) is 1.79. The molecule has 2 atom stereocenters.